The van der Waals surface area contributed by atoms with Crippen molar-refractivity contribution in [1.82, 2.24) is 10.3 Å². The smallest absolute Gasteiger partial charge is 0.0897 e. The Morgan fingerprint density at radius 3 is 2.88 bits per heavy atom. The second-order valence-electron chi connectivity index (χ2n) is 4.63. The maximum Gasteiger partial charge on any atom is 0.0897 e. The van der Waals surface area contributed by atoms with E-state index in [1.165, 1.54) is 11.3 Å². The molecule has 0 bridgehead atoms. The van der Waals surface area contributed by atoms with Crippen LogP contribution in [0.2, 0.25) is 0 Å². The summed E-state index contributed by atoms with van der Waals surface area (Å²) in [6.45, 7) is 4.17. The lowest BCUT2D eigenvalue weighted by Crippen LogP contribution is -2.42. The van der Waals surface area contributed by atoms with Crippen LogP contribution in [-0.4, -0.2) is 22.2 Å². The first kappa shape index (κ1) is 12.0. The van der Waals surface area contributed by atoms with Crippen molar-refractivity contribution in [2.45, 2.75) is 57.7 Å². The summed E-state index contributed by atoms with van der Waals surface area (Å²) in [4.78, 5) is 5.53. The van der Waals surface area contributed by atoms with Crippen molar-refractivity contribution in [3.05, 3.63) is 16.1 Å². The topological polar surface area (TPSA) is 45.2 Å². The molecular formula is C12H20N2OS. The minimum Gasteiger partial charge on any atom is -0.392 e. The summed E-state index contributed by atoms with van der Waals surface area (Å²) in [5.74, 6) is 0. The predicted molar refractivity (Wildman–Crippen MR) is 66.7 cm³/mol. The first-order valence-electron chi connectivity index (χ1n) is 6.03. The van der Waals surface area contributed by atoms with E-state index in [2.05, 4.69) is 17.2 Å². The zero-order chi connectivity index (χ0) is 11.5. The third-order valence-electron chi connectivity index (χ3n) is 3.26. The number of hydrogen-bond donors (Lipinski definition) is 2. The number of nitrogens with one attached hydrogen (secondary N) is 1. The first-order chi connectivity index (χ1) is 7.66. The van der Waals surface area contributed by atoms with Crippen LogP contribution in [0.15, 0.2) is 6.20 Å². The molecule has 1 heterocycles. The van der Waals surface area contributed by atoms with Gasteiger partial charge in [0.1, 0.15) is 0 Å². The minimum absolute atomic E-state index is 0.176. The van der Waals surface area contributed by atoms with E-state index in [0.29, 0.717) is 6.04 Å². The molecule has 0 saturated heterocycles. The van der Waals surface area contributed by atoms with E-state index in [4.69, 9.17) is 0 Å². The van der Waals surface area contributed by atoms with Crippen LogP contribution in [0.3, 0.4) is 0 Å². The predicted octanol–water partition coefficient (Wildman–Crippen LogP) is 2.41. The quantitative estimate of drug-likeness (QED) is 0.853. The molecule has 90 valence electrons. The molecule has 4 heteroatoms. The lowest BCUT2D eigenvalue weighted by atomic mass is 9.92. The fraction of sp³-hybridized carbons (Fsp3) is 0.750. The molecule has 3 unspecified atom stereocenters. The summed E-state index contributed by atoms with van der Waals surface area (Å²) in [6.07, 6.45) is 6.17. The molecule has 1 aliphatic carbocycles. The molecule has 0 radical (unpaired) electrons. The zero-order valence-corrected chi connectivity index (χ0v) is 10.8. The van der Waals surface area contributed by atoms with Gasteiger partial charge < -0.3 is 10.4 Å². The number of aromatic nitrogens is 1. The van der Waals surface area contributed by atoms with Crippen LogP contribution >= 0.6 is 11.3 Å². The molecule has 1 aromatic rings. The molecule has 1 aromatic heterocycles. The summed E-state index contributed by atoms with van der Waals surface area (Å²) in [5.41, 5.74) is 0. The molecule has 1 fully saturated rings. The zero-order valence-electron chi connectivity index (χ0n) is 9.94. The van der Waals surface area contributed by atoms with Crippen LogP contribution < -0.4 is 5.32 Å². The van der Waals surface area contributed by atoms with Gasteiger partial charge in [-0.2, -0.15) is 0 Å². The van der Waals surface area contributed by atoms with Gasteiger partial charge in [-0.15, -0.1) is 11.3 Å². The van der Waals surface area contributed by atoms with Gasteiger partial charge in [-0.3, -0.25) is 0 Å². The van der Waals surface area contributed by atoms with Gasteiger partial charge in [0.15, 0.2) is 0 Å². The molecule has 0 amide bonds. The molecule has 3 nitrogen and oxygen atoms in total. The van der Waals surface area contributed by atoms with Crippen LogP contribution in [0, 0.1) is 6.92 Å². The Morgan fingerprint density at radius 2 is 2.25 bits per heavy atom. The third kappa shape index (κ3) is 2.81. The molecule has 0 spiro atoms. The number of aliphatic hydroxyl groups excluding tert-OH is 1. The van der Waals surface area contributed by atoms with Crippen molar-refractivity contribution < 1.29 is 5.11 Å². The van der Waals surface area contributed by atoms with Crippen molar-refractivity contribution in [2.75, 3.05) is 0 Å². The summed E-state index contributed by atoms with van der Waals surface area (Å²) < 4.78 is 0. The molecule has 3 atom stereocenters. The van der Waals surface area contributed by atoms with Gasteiger partial charge >= 0.3 is 0 Å². The van der Waals surface area contributed by atoms with Crippen LogP contribution in [0.5, 0.6) is 0 Å². The highest BCUT2D eigenvalue weighted by Crippen LogP contribution is 2.24. The SMILES string of the molecule is Cc1ncc(C(C)NC2CCCCC2O)s1. The molecule has 2 rings (SSSR count). The van der Waals surface area contributed by atoms with Gasteiger partial charge in [0.05, 0.1) is 11.1 Å². The van der Waals surface area contributed by atoms with Gasteiger partial charge in [0, 0.05) is 23.2 Å². The fourth-order valence-electron chi connectivity index (χ4n) is 2.29. The number of nitrogens with zero attached hydrogens (tertiary/aromatic N) is 1. The van der Waals surface area contributed by atoms with Gasteiger partial charge in [0.2, 0.25) is 0 Å². The Balaban J connectivity index is 1.93. The maximum atomic E-state index is 9.90. The Morgan fingerprint density at radius 1 is 1.50 bits per heavy atom. The largest absolute Gasteiger partial charge is 0.392 e. The van der Waals surface area contributed by atoms with E-state index in [0.717, 1.165) is 24.3 Å². The van der Waals surface area contributed by atoms with E-state index in [-0.39, 0.29) is 12.1 Å². The number of rotatable bonds is 3. The normalized spacial score (nSPS) is 27.9. The van der Waals surface area contributed by atoms with E-state index in [9.17, 15) is 5.11 Å². The van der Waals surface area contributed by atoms with Crippen molar-refractivity contribution in [3.8, 4) is 0 Å². The highest BCUT2D eigenvalue weighted by molar-refractivity contribution is 7.11. The monoisotopic (exact) mass is 240 g/mol. The fourth-order valence-corrected chi connectivity index (χ4v) is 3.08. The summed E-state index contributed by atoms with van der Waals surface area (Å²) in [6, 6.07) is 0.551. The summed E-state index contributed by atoms with van der Waals surface area (Å²) >= 11 is 1.73. The molecule has 1 saturated carbocycles. The van der Waals surface area contributed by atoms with Crippen LogP contribution in [0.4, 0.5) is 0 Å². The number of aryl methyl sites for hydroxylation is 1. The number of thiazole rings is 1. The van der Waals surface area contributed by atoms with E-state index in [1.807, 2.05) is 13.1 Å². The Labute approximate surface area is 101 Å². The number of hydrogen-bond acceptors (Lipinski definition) is 4. The van der Waals surface area contributed by atoms with Gasteiger partial charge in [-0.1, -0.05) is 12.8 Å². The minimum atomic E-state index is -0.176. The van der Waals surface area contributed by atoms with Gasteiger partial charge in [0.25, 0.3) is 0 Å². The maximum absolute atomic E-state index is 9.90. The van der Waals surface area contributed by atoms with Crippen molar-refractivity contribution in [3.63, 3.8) is 0 Å². The first-order valence-corrected chi connectivity index (χ1v) is 6.85. The Bertz CT molecular complexity index is 340. The second-order valence-corrected chi connectivity index (χ2v) is 5.89. The van der Waals surface area contributed by atoms with E-state index in [1.54, 1.807) is 11.3 Å². The molecule has 0 aromatic carbocycles. The molecule has 0 aliphatic heterocycles. The highest BCUT2D eigenvalue weighted by atomic mass is 32.1. The standard InChI is InChI=1S/C12H20N2OS/c1-8(12-7-13-9(2)16-12)14-10-5-3-4-6-11(10)15/h7-8,10-11,14-15H,3-6H2,1-2H3. The van der Waals surface area contributed by atoms with E-state index >= 15 is 0 Å². The van der Waals surface area contributed by atoms with Gasteiger partial charge in [-0.05, 0) is 26.7 Å². The van der Waals surface area contributed by atoms with Crippen molar-refractivity contribution in [2.24, 2.45) is 0 Å². The van der Waals surface area contributed by atoms with Crippen LogP contribution in [0.25, 0.3) is 0 Å². The summed E-state index contributed by atoms with van der Waals surface area (Å²) in [5, 5.41) is 14.5. The molecular weight excluding hydrogens is 220 g/mol. The summed E-state index contributed by atoms with van der Waals surface area (Å²) in [7, 11) is 0. The van der Waals surface area contributed by atoms with Crippen molar-refractivity contribution in [1.29, 1.82) is 0 Å². The van der Waals surface area contributed by atoms with Crippen LogP contribution in [0.1, 0.15) is 48.5 Å². The van der Waals surface area contributed by atoms with Crippen molar-refractivity contribution >= 4 is 11.3 Å². The number of aliphatic hydroxyl groups is 1. The lowest BCUT2D eigenvalue weighted by molar-refractivity contribution is 0.0862. The molecule has 16 heavy (non-hydrogen) atoms. The van der Waals surface area contributed by atoms with E-state index < -0.39 is 0 Å². The molecule has 1 aliphatic rings. The Kier molecular flexibility index (Phi) is 3.95. The average Bonchev–Trinajstić information content (AvgIpc) is 2.68. The third-order valence-corrected chi connectivity index (χ3v) is 4.35. The van der Waals surface area contributed by atoms with Gasteiger partial charge in [-0.25, -0.2) is 4.98 Å². The highest BCUT2D eigenvalue weighted by Gasteiger charge is 2.24. The molecule has 2 N–H and O–H groups in total. The second kappa shape index (κ2) is 5.25. The van der Waals surface area contributed by atoms with Crippen LogP contribution in [-0.2, 0) is 0 Å². The average molecular weight is 240 g/mol. The Hall–Kier alpha value is -0.450. The lowest BCUT2D eigenvalue weighted by Gasteiger charge is -2.30.